The Morgan fingerprint density at radius 3 is 1.93 bits per heavy atom. The summed E-state index contributed by atoms with van der Waals surface area (Å²) >= 11 is 12.1. The van der Waals surface area contributed by atoms with Gasteiger partial charge in [-0.05, 0) is 24.3 Å². The molecule has 3 heteroatoms. The highest BCUT2D eigenvalue weighted by Gasteiger charge is 2.04. The van der Waals surface area contributed by atoms with Crippen molar-refractivity contribution in [3.05, 3.63) is 58.6 Å². The molecule has 2 rings (SSSR count). The molecule has 0 bridgehead atoms. The molecule has 15 heavy (non-hydrogen) atoms. The van der Waals surface area contributed by atoms with E-state index in [1.165, 1.54) is 0 Å². The van der Waals surface area contributed by atoms with Gasteiger partial charge in [-0.15, -0.1) is 0 Å². The van der Waals surface area contributed by atoms with E-state index in [0.29, 0.717) is 10.0 Å². The number of hydrogen-bond donors (Lipinski definition) is 1. The van der Waals surface area contributed by atoms with Gasteiger partial charge in [0, 0.05) is 5.69 Å². The maximum absolute atomic E-state index is 6.03. The zero-order valence-corrected chi connectivity index (χ0v) is 9.39. The van der Waals surface area contributed by atoms with Gasteiger partial charge in [0.25, 0.3) is 0 Å². The molecular weight excluding hydrogens is 235 g/mol. The Morgan fingerprint density at radius 1 is 0.733 bits per heavy atom. The predicted octanol–water partition coefficient (Wildman–Crippen LogP) is 4.74. The molecule has 2 aromatic carbocycles. The van der Waals surface area contributed by atoms with E-state index in [1.54, 1.807) is 12.1 Å². The van der Waals surface area contributed by atoms with Crippen LogP contribution in [0.1, 0.15) is 0 Å². The molecule has 0 atom stereocenters. The van der Waals surface area contributed by atoms with Gasteiger partial charge in [-0.3, -0.25) is 0 Å². The summed E-state index contributed by atoms with van der Waals surface area (Å²) in [5.41, 5.74) is 1.71. The van der Waals surface area contributed by atoms with Crippen LogP contribution < -0.4 is 5.32 Å². The molecular formula is C12H9Cl2N. The highest BCUT2D eigenvalue weighted by atomic mass is 35.5. The molecule has 0 unspecified atom stereocenters. The van der Waals surface area contributed by atoms with E-state index in [1.807, 2.05) is 36.4 Å². The number of nitrogens with one attached hydrogen (secondary N) is 1. The monoisotopic (exact) mass is 243 g/mol. The van der Waals surface area contributed by atoms with Gasteiger partial charge < -0.3 is 5.32 Å². The lowest BCUT2D eigenvalue weighted by molar-refractivity contribution is 1.55. The van der Waals surface area contributed by atoms with Crippen LogP contribution in [0.25, 0.3) is 0 Å². The van der Waals surface area contributed by atoms with E-state index in [0.717, 1.165) is 11.4 Å². The van der Waals surface area contributed by atoms with Crippen molar-refractivity contribution in [3.8, 4) is 0 Å². The van der Waals surface area contributed by atoms with Crippen LogP contribution in [0.4, 0.5) is 11.4 Å². The van der Waals surface area contributed by atoms with Crippen LogP contribution >= 0.6 is 23.2 Å². The third-order valence-electron chi connectivity index (χ3n) is 2.01. The average molecular weight is 244 g/mol. The van der Waals surface area contributed by atoms with Crippen molar-refractivity contribution in [1.29, 1.82) is 0 Å². The zero-order valence-electron chi connectivity index (χ0n) is 7.87. The molecule has 76 valence electrons. The third kappa shape index (κ3) is 2.44. The Labute approximate surface area is 98.6 Å². The van der Waals surface area contributed by atoms with Crippen molar-refractivity contribution in [2.24, 2.45) is 0 Å². The highest BCUT2D eigenvalue weighted by Crippen LogP contribution is 2.32. The topological polar surface area (TPSA) is 12.0 Å². The lowest BCUT2D eigenvalue weighted by Crippen LogP contribution is -1.91. The molecule has 0 spiro atoms. The van der Waals surface area contributed by atoms with Crippen molar-refractivity contribution < 1.29 is 0 Å². The minimum Gasteiger partial charge on any atom is -0.353 e. The van der Waals surface area contributed by atoms with Gasteiger partial charge in [0.15, 0.2) is 0 Å². The Bertz CT molecular complexity index is 434. The second kappa shape index (κ2) is 4.56. The number of rotatable bonds is 2. The molecule has 1 N–H and O–H groups in total. The molecule has 0 radical (unpaired) electrons. The van der Waals surface area contributed by atoms with Crippen LogP contribution in [0.15, 0.2) is 48.5 Å². The zero-order chi connectivity index (χ0) is 10.7. The summed E-state index contributed by atoms with van der Waals surface area (Å²) in [5.74, 6) is 0. The van der Waals surface area contributed by atoms with Gasteiger partial charge in [-0.2, -0.15) is 0 Å². The molecule has 0 heterocycles. The quantitative estimate of drug-likeness (QED) is 0.804. The predicted molar refractivity (Wildman–Crippen MR) is 66.2 cm³/mol. The summed E-state index contributed by atoms with van der Waals surface area (Å²) < 4.78 is 0. The van der Waals surface area contributed by atoms with Crippen molar-refractivity contribution >= 4 is 34.6 Å². The molecule has 0 amide bonds. The second-order valence-electron chi connectivity index (χ2n) is 3.09. The average Bonchev–Trinajstić information content (AvgIpc) is 2.25. The van der Waals surface area contributed by atoms with Gasteiger partial charge in [-0.25, -0.2) is 0 Å². The normalized spacial score (nSPS) is 10.0. The van der Waals surface area contributed by atoms with Crippen LogP contribution in [0, 0.1) is 0 Å². The minimum absolute atomic E-state index is 0.617. The summed E-state index contributed by atoms with van der Waals surface area (Å²) in [6, 6.07) is 15.2. The first kappa shape index (κ1) is 10.3. The summed E-state index contributed by atoms with van der Waals surface area (Å²) in [6.07, 6.45) is 0. The molecule has 0 fully saturated rings. The van der Waals surface area contributed by atoms with E-state index in [4.69, 9.17) is 23.2 Å². The largest absolute Gasteiger partial charge is 0.353 e. The SMILES string of the molecule is Clc1cccc(Cl)c1N[13c]1[13cH][13cH][13cH][13cH][13cH]1. The van der Waals surface area contributed by atoms with Crippen molar-refractivity contribution in [2.45, 2.75) is 0 Å². The Hall–Kier alpha value is -1.18. The number of halogens is 2. The minimum atomic E-state index is 0.617. The van der Waals surface area contributed by atoms with E-state index in [2.05, 4.69) is 5.32 Å². The first-order valence-electron chi connectivity index (χ1n) is 4.53. The third-order valence-corrected chi connectivity index (χ3v) is 2.64. The van der Waals surface area contributed by atoms with Crippen molar-refractivity contribution in [1.82, 2.24) is 0 Å². The van der Waals surface area contributed by atoms with Crippen LogP contribution in [0.5, 0.6) is 0 Å². The standard InChI is InChI=1S/C12H9Cl2N/c13-10-7-4-8-11(14)12(10)15-9-5-2-1-3-6-9/h1-8,15H/i1+1,2+1,3+1,5+1,6+1,9+1. The summed E-state index contributed by atoms with van der Waals surface area (Å²) in [7, 11) is 0. The number of anilines is 2. The van der Waals surface area contributed by atoms with Crippen LogP contribution in [0.2, 0.25) is 10.0 Å². The molecule has 0 aliphatic heterocycles. The molecule has 1 nitrogen and oxygen atoms in total. The lowest BCUT2D eigenvalue weighted by Gasteiger charge is -2.09. The van der Waals surface area contributed by atoms with Crippen LogP contribution in [-0.2, 0) is 0 Å². The number of hydrogen-bond acceptors (Lipinski definition) is 1. The molecule has 0 aromatic heterocycles. The Morgan fingerprint density at radius 2 is 1.33 bits per heavy atom. The maximum Gasteiger partial charge on any atom is 0.0762 e. The fourth-order valence-corrected chi connectivity index (χ4v) is 1.77. The first-order valence-corrected chi connectivity index (χ1v) is 5.29. The number of benzene rings is 2. The van der Waals surface area contributed by atoms with Gasteiger partial charge in [0.1, 0.15) is 0 Å². The van der Waals surface area contributed by atoms with E-state index < -0.39 is 0 Å². The number of para-hydroxylation sites is 2. The van der Waals surface area contributed by atoms with E-state index in [9.17, 15) is 0 Å². The Balaban J connectivity index is 2.32. The lowest BCUT2D eigenvalue weighted by atomic mass is 10.3. The Kier molecular flexibility index (Phi) is 3.14. The van der Waals surface area contributed by atoms with Crippen molar-refractivity contribution in [3.63, 3.8) is 0 Å². The second-order valence-corrected chi connectivity index (χ2v) is 3.90. The highest BCUT2D eigenvalue weighted by molar-refractivity contribution is 6.39. The van der Waals surface area contributed by atoms with Crippen molar-refractivity contribution in [2.75, 3.05) is 5.32 Å². The maximum atomic E-state index is 6.03. The molecule has 0 aliphatic carbocycles. The first-order chi connectivity index (χ1) is 7.27. The smallest absolute Gasteiger partial charge is 0.0762 e. The van der Waals surface area contributed by atoms with Crippen LogP contribution in [-0.4, -0.2) is 0 Å². The molecule has 0 saturated carbocycles. The molecule has 2 aromatic rings. The van der Waals surface area contributed by atoms with E-state index in [-0.39, 0.29) is 0 Å². The summed E-state index contributed by atoms with van der Waals surface area (Å²) in [4.78, 5) is 0. The van der Waals surface area contributed by atoms with Crippen LogP contribution in [0.3, 0.4) is 0 Å². The summed E-state index contributed by atoms with van der Waals surface area (Å²) in [5, 5.41) is 4.41. The fraction of sp³-hybridized carbons (Fsp3) is 0. The van der Waals surface area contributed by atoms with Gasteiger partial charge in [-0.1, -0.05) is 47.5 Å². The van der Waals surface area contributed by atoms with Gasteiger partial charge in [0.2, 0.25) is 0 Å². The fourth-order valence-electron chi connectivity index (χ4n) is 1.28. The van der Waals surface area contributed by atoms with Gasteiger partial charge in [0.05, 0.1) is 15.7 Å². The molecule has 0 aliphatic rings. The van der Waals surface area contributed by atoms with E-state index >= 15 is 0 Å². The summed E-state index contributed by atoms with van der Waals surface area (Å²) in [6.45, 7) is 0. The van der Waals surface area contributed by atoms with Gasteiger partial charge >= 0.3 is 0 Å². The molecule has 0 saturated heterocycles.